The molecule has 0 aliphatic heterocycles. The van der Waals surface area contributed by atoms with Gasteiger partial charge in [-0.25, -0.2) is 4.79 Å². The number of hydrogen-bond acceptors (Lipinski definition) is 4. The second-order valence-electron chi connectivity index (χ2n) is 8.34. The van der Waals surface area contributed by atoms with Gasteiger partial charge in [-0.3, -0.25) is 9.78 Å². The molecule has 0 radical (unpaired) electrons. The summed E-state index contributed by atoms with van der Waals surface area (Å²) in [7, 11) is 0. The van der Waals surface area contributed by atoms with Crippen LogP contribution in [0.5, 0.6) is 0 Å². The summed E-state index contributed by atoms with van der Waals surface area (Å²) in [4.78, 5) is 29.6. The maximum absolute atomic E-state index is 13.8. The highest BCUT2D eigenvalue weighted by Gasteiger charge is 2.16. The number of hydrogen-bond donors (Lipinski definition) is 2. The van der Waals surface area contributed by atoms with Gasteiger partial charge in [0.25, 0.3) is 0 Å². The molecule has 4 aromatic carbocycles. The number of fused-ring (bicyclic) bond motifs is 2. The number of carbonyl (C=O) groups excluding carboxylic acids is 1. The van der Waals surface area contributed by atoms with Gasteiger partial charge in [-0.2, -0.15) is 0 Å². The molecule has 0 fully saturated rings. The van der Waals surface area contributed by atoms with E-state index < -0.39 is 5.97 Å². The molecule has 1 aromatic heterocycles. The van der Waals surface area contributed by atoms with Crippen LogP contribution in [0, 0.1) is 0 Å². The molecule has 5 nitrogen and oxygen atoms in total. The minimum absolute atomic E-state index is 0.0990. The van der Waals surface area contributed by atoms with Gasteiger partial charge < -0.3 is 10.4 Å². The van der Waals surface area contributed by atoms with Crippen LogP contribution in [0.25, 0.3) is 27.8 Å². The van der Waals surface area contributed by atoms with Gasteiger partial charge in [0.15, 0.2) is 5.78 Å². The van der Waals surface area contributed by atoms with Crippen LogP contribution in [0.1, 0.15) is 26.3 Å². The smallest absolute Gasteiger partial charge is 0.335 e. The van der Waals surface area contributed by atoms with E-state index in [4.69, 9.17) is 0 Å². The first kappa shape index (κ1) is 23.5. The number of rotatable bonds is 7. The molecule has 2 N–H and O–H groups in total. The van der Waals surface area contributed by atoms with Crippen LogP contribution in [-0.4, -0.2) is 28.4 Å². The van der Waals surface area contributed by atoms with Gasteiger partial charge in [0.1, 0.15) is 0 Å². The molecule has 1 heterocycles. The third-order valence-electron chi connectivity index (χ3n) is 5.97. The lowest BCUT2D eigenvalue weighted by Crippen LogP contribution is -2.14. The molecule has 0 aliphatic rings. The average molecular weight is 537 g/mol. The second kappa shape index (κ2) is 10.1. The number of halogens is 1. The molecule has 36 heavy (non-hydrogen) atoms. The summed E-state index contributed by atoms with van der Waals surface area (Å²) >= 11 is 3.53. The molecular weight excluding hydrogens is 516 g/mol. The monoisotopic (exact) mass is 536 g/mol. The zero-order chi connectivity index (χ0) is 25.1. The van der Waals surface area contributed by atoms with Crippen molar-refractivity contribution >= 4 is 61.1 Å². The first-order valence-corrected chi connectivity index (χ1v) is 12.1. The molecule has 0 saturated carbocycles. The summed E-state index contributed by atoms with van der Waals surface area (Å²) in [5.74, 6) is -1.09. The van der Waals surface area contributed by atoms with Crippen LogP contribution in [0.3, 0.4) is 0 Å². The fourth-order valence-electron chi connectivity index (χ4n) is 4.13. The Morgan fingerprint density at radius 2 is 1.61 bits per heavy atom. The molecule has 0 atom stereocenters. The maximum atomic E-state index is 13.8. The van der Waals surface area contributed by atoms with Gasteiger partial charge >= 0.3 is 5.97 Å². The Balaban J connectivity index is 1.51. The highest BCUT2D eigenvalue weighted by atomic mass is 79.9. The standard InChI is InChI=1S/C30H21BrN2O3/c31-27-10-4-7-22-16-24(18-33-28(22)27)32-17-23(15-19-11-13-21(14-12-19)30(35)36)29(34)26-9-3-6-20-5-1-2-8-25(20)26/h1-16,18,32H,17H2,(H,35,36). The Bertz CT molecular complexity index is 1640. The number of carboxylic acids is 1. The van der Waals surface area contributed by atoms with Crippen LogP contribution in [0.2, 0.25) is 0 Å². The Hall–Kier alpha value is -4.29. The van der Waals surface area contributed by atoms with Crippen LogP contribution in [0.15, 0.2) is 107 Å². The van der Waals surface area contributed by atoms with Gasteiger partial charge in [0.05, 0.1) is 23.0 Å². The summed E-state index contributed by atoms with van der Waals surface area (Å²) in [6.07, 6.45) is 3.54. The van der Waals surface area contributed by atoms with Crippen LogP contribution in [-0.2, 0) is 0 Å². The zero-order valence-corrected chi connectivity index (χ0v) is 20.7. The fraction of sp³-hybridized carbons (Fsp3) is 0.0333. The van der Waals surface area contributed by atoms with E-state index >= 15 is 0 Å². The van der Waals surface area contributed by atoms with E-state index in [1.54, 1.807) is 24.4 Å². The lowest BCUT2D eigenvalue weighted by atomic mass is 9.95. The minimum atomic E-state index is -0.991. The third kappa shape index (κ3) is 4.90. The predicted octanol–water partition coefficient (Wildman–Crippen LogP) is 7.23. The summed E-state index contributed by atoms with van der Waals surface area (Å²) < 4.78 is 0.920. The molecule has 6 heteroatoms. The van der Waals surface area contributed by atoms with E-state index in [1.165, 1.54) is 12.1 Å². The molecule has 5 rings (SSSR count). The molecule has 0 amide bonds. The Morgan fingerprint density at radius 3 is 2.42 bits per heavy atom. The Kier molecular flexibility index (Phi) is 6.60. The van der Waals surface area contributed by atoms with Crippen molar-refractivity contribution < 1.29 is 14.7 Å². The molecule has 5 aromatic rings. The summed E-state index contributed by atoms with van der Waals surface area (Å²) in [5.41, 5.74) is 3.75. The Morgan fingerprint density at radius 1 is 0.889 bits per heavy atom. The quantitative estimate of drug-likeness (QED) is 0.169. The number of carboxylic acid groups (broad SMARTS) is 1. The second-order valence-corrected chi connectivity index (χ2v) is 9.20. The number of nitrogens with zero attached hydrogens (tertiary/aromatic N) is 1. The van der Waals surface area contributed by atoms with E-state index in [1.807, 2.05) is 66.7 Å². The maximum Gasteiger partial charge on any atom is 0.335 e. The number of benzene rings is 4. The number of aromatic carboxylic acids is 1. The summed E-state index contributed by atoms with van der Waals surface area (Å²) in [6, 6.07) is 27.9. The van der Waals surface area contributed by atoms with Crippen molar-refractivity contribution in [3.05, 3.63) is 124 Å². The zero-order valence-electron chi connectivity index (χ0n) is 19.1. The highest BCUT2D eigenvalue weighted by molar-refractivity contribution is 9.10. The SMILES string of the molecule is O=C(O)c1ccc(C=C(CNc2cnc3c(Br)cccc3c2)C(=O)c2cccc3ccccc23)cc1. The van der Waals surface area contributed by atoms with Crippen LogP contribution >= 0.6 is 15.9 Å². The lowest BCUT2D eigenvalue weighted by Gasteiger charge is -2.13. The fourth-order valence-corrected chi connectivity index (χ4v) is 4.62. The number of ketones is 1. The summed E-state index contributed by atoms with van der Waals surface area (Å²) in [6.45, 7) is 0.268. The highest BCUT2D eigenvalue weighted by Crippen LogP contribution is 2.25. The molecule has 0 aliphatic carbocycles. The number of nitrogens with one attached hydrogen (secondary N) is 1. The first-order chi connectivity index (χ1) is 17.5. The van der Waals surface area contributed by atoms with E-state index in [0.717, 1.165) is 37.4 Å². The third-order valence-corrected chi connectivity index (χ3v) is 6.61. The molecule has 0 spiro atoms. The van der Waals surface area contributed by atoms with Crippen molar-refractivity contribution in [3.63, 3.8) is 0 Å². The molecular formula is C30H21BrN2O3. The minimum Gasteiger partial charge on any atom is -0.478 e. The molecule has 0 saturated heterocycles. The normalized spacial score (nSPS) is 11.5. The number of carbonyl (C=O) groups is 2. The molecule has 176 valence electrons. The van der Waals surface area contributed by atoms with Gasteiger partial charge in [-0.1, -0.05) is 66.7 Å². The van der Waals surface area contributed by atoms with Crippen molar-refractivity contribution in [2.45, 2.75) is 0 Å². The number of Topliss-reactive ketones (excluding diaryl/α,β-unsaturated/α-hetero) is 1. The van der Waals surface area contributed by atoms with Crippen molar-refractivity contribution in [2.75, 3.05) is 11.9 Å². The van der Waals surface area contributed by atoms with Gasteiger partial charge in [-0.05, 0) is 62.6 Å². The molecule has 0 unspecified atom stereocenters. The van der Waals surface area contributed by atoms with Crippen LogP contribution < -0.4 is 5.32 Å². The molecule has 0 bridgehead atoms. The number of pyridine rings is 1. The van der Waals surface area contributed by atoms with Crippen molar-refractivity contribution in [2.24, 2.45) is 0 Å². The largest absolute Gasteiger partial charge is 0.478 e. The van der Waals surface area contributed by atoms with E-state index in [0.29, 0.717) is 11.1 Å². The average Bonchev–Trinajstić information content (AvgIpc) is 2.90. The van der Waals surface area contributed by atoms with Gasteiger partial charge in [0, 0.05) is 27.5 Å². The van der Waals surface area contributed by atoms with Crippen molar-refractivity contribution in [3.8, 4) is 0 Å². The van der Waals surface area contributed by atoms with Gasteiger partial charge in [-0.15, -0.1) is 0 Å². The van der Waals surface area contributed by atoms with Crippen LogP contribution in [0.4, 0.5) is 5.69 Å². The van der Waals surface area contributed by atoms with Gasteiger partial charge in [0.2, 0.25) is 0 Å². The van der Waals surface area contributed by atoms with E-state index in [2.05, 4.69) is 26.2 Å². The van der Waals surface area contributed by atoms with Crippen molar-refractivity contribution in [1.29, 1.82) is 0 Å². The van der Waals surface area contributed by atoms with Crippen molar-refractivity contribution in [1.82, 2.24) is 4.98 Å². The first-order valence-electron chi connectivity index (χ1n) is 11.3. The predicted molar refractivity (Wildman–Crippen MR) is 148 cm³/mol. The topological polar surface area (TPSA) is 79.3 Å². The van der Waals surface area contributed by atoms with E-state index in [-0.39, 0.29) is 17.9 Å². The van der Waals surface area contributed by atoms with E-state index in [9.17, 15) is 14.7 Å². The number of aromatic nitrogens is 1. The number of anilines is 1. The number of para-hydroxylation sites is 1. The Labute approximate surface area is 216 Å². The summed E-state index contributed by atoms with van der Waals surface area (Å²) in [5, 5.41) is 15.4. The lowest BCUT2D eigenvalue weighted by molar-refractivity contribution is 0.0696.